The van der Waals surface area contributed by atoms with E-state index in [1.54, 1.807) is 6.20 Å². The highest BCUT2D eigenvalue weighted by molar-refractivity contribution is 5.89. The standard InChI is InChI=1S/C12H16N2O/c1-3-4-8-13-12(15)14-11-7-5-6-10(2)9-11/h4-9H,3H2,1-2H3,(H2,13,14,15)/b8-4+. The predicted molar refractivity (Wildman–Crippen MR) is 62.8 cm³/mol. The second-order valence-corrected chi connectivity index (χ2v) is 3.28. The summed E-state index contributed by atoms with van der Waals surface area (Å²) in [5, 5.41) is 5.36. The molecular weight excluding hydrogens is 188 g/mol. The molecule has 0 aliphatic rings. The first-order chi connectivity index (χ1) is 7.22. The van der Waals surface area contributed by atoms with Crippen molar-refractivity contribution < 1.29 is 4.79 Å². The number of urea groups is 1. The summed E-state index contributed by atoms with van der Waals surface area (Å²) in [6, 6.07) is 7.46. The molecule has 0 heterocycles. The summed E-state index contributed by atoms with van der Waals surface area (Å²) in [6.07, 6.45) is 4.44. The Kier molecular flexibility index (Phi) is 4.41. The molecule has 2 N–H and O–H groups in total. The Labute approximate surface area is 90.2 Å². The third kappa shape index (κ3) is 4.31. The largest absolute Gasteiger partial charge is 0.323 e. The molecule has 3 heteroatoms. The van der Waals surface area contributed by atoms with Gasteiger partial charge in [-0.3, -0.25) is 0 Å². The number of nitrogens with one attached hydrogen (secondary N) is 2. The van der Waals surface area contributed by atoms with Gasteiger partial charge in [0.15, 0.2) is 0 Å². The van der Waals surface area contributed by atoms with Crippen LogP contribution in [0.3, 0.4) is 0 Å². The van der Waals surface area contributed by atoms with E-state index in [4.69, 9.17) is 0 Å². The summed E-state index contributed by atoms with van der Waals surface area (Å²) in [5.41, 5.74) is 1.93. The van der Waals surface area contributed by atoms with Gasteiger partial charge >= 0.3 is 6.03 Å². The van der Waals surface area contributed by atoms with Gasteiger partial charge in [-0.25, -0.2) is 4.79 Å². The lowest BCUT2D eigenvalue weighted by atomic mass is 10.2. The van der Waals surface area contributed by atoms with E-state index in [1.807, 2.05) is 44.2 Å². The van der Waals surface area contributed by atoms with Gasteiger partial charge in [-0.05, 0) is 31.0 Å². The summed E-state index contributed by atoms with van der Waals surface area (Å²) in [6.45, 7) is 4.00. The number of carbonyl (C=O) groups excluding carboxylic acids is 1. The molecule has 0 fully saturated rings. The SMILES string of the molecule is CC/C=C/NC(=O)Nc1cccc(C)c1. The zero-order valence-corrected chi connectivity index (χ0v) is 9.08. The lowest BCUT2D eigenvalue weighted by Gasteiger charge is -2.04. The molecule has 0 unspecified atom stereocenters. The van der Waals surface area contributed by atoms with E-state index in [0.717, 1.165) is 17.7 Å². The number of amides is 2. The second-order valence-electron chi connectivity index (χ2n) is 3.28. The van der Waals surface area contributed by atoms with Crippen molar-refractivity contribution in [2.24, 2.45) is 0 Å². The van der Waals surface area contributed by atoms with Gasteiger partial charge in [0.2, 0.25) is 0 Å². The molecule has 0 bridgehead atoms. The van der Waals surface area contributed by atoms with E-state index in [9.17, 15) is 4.79 Å². The van der Waals surface area contributed by atoms with Crippen LogP contribution in [0.5, 0.6) is 0 Å². The predicted octanol–water partition coefficient (Wildman–Crippen LogP) is 3.04. The molecule has 80 valence electrons. The molecule has 3 nitrogen and oxygen atoms in total. The summed E-state index contributed by atoms with van der Waals surface area (Å²) in [7, 11) is 0. The molecule has 0 aliphatic heterocycles. The fourth-order valence-electron chi connectivity index (χ4n) is 1.14. The maximum absolute atomic E-state index is 11.3. The number of anilines is 1. The molecule has 1 aromatic carbocycles. The van der Waals surface area contributed by atoms with Gasteiger partial charge in [-0.1, -0.05) is 25.1 Å². The van der Waals surface area contributed by atoms with Gasteiger partial charge in [-0.2, -0.15) is 0 Å². The van der Waals surface area contributed by atoms with Crippen LogP contribution in [0.25, 0.3) is 0 Å². The molecule has 0 saturated heterocycles. The van der Waals surface area contributed by atoms with Crippen LogP contribution in [-0.4, -0.2) is 6.03 Å². The fraction of sp³-hybridized carbons (Fsp3) is 0.250. The van der Waals surface area contributed by atoms with Crippen molar-refractivity contribution in [2.45, 2.75) is 20.3 Å². The van der Waals surface area contributed by atoms with E-state index in [0.29, 0.717) is 0 Å². The second kappa shape index (κ2) is 5.86. The van der Waals surface area contributed by atoms with E-state index in [2.05, 4.69) is 10.6 Å². The first kappa shape index (κ1) is 11.3. The minimum atomic E-state index is -0.217. The topological polar surface area (TPSA) is 41.1 Å². The Bertz CT molecular complexity index is 358. The van der Waals surface area contributed by atoms with Crippen molar-refractivity contribution in [1.29, 1.82) is 0 Å². The number of allylic oxidation sites excluding steroid dienone is 1. The number of hydrogen-bond acceptors (Lipinski definition) is 1. The molecule has 0 saturated carbocycles. The highest BCUT2D eigenvalue weighted by atomic mass is 16.2. The van der Waals surface area contributed by atoms with E-state index in [1.165, 1.54) is 0 Å². The smallest absolute Gasteiger partial charge is 0.315 e. The quantitative estimate of drug-likeness (QED) is 0.780. The molecule has 0 aromatic heterocycles. The molecule has 15 heavy (non-hydrogen) atoms. The molecule has 1 aromatic rings. The summed E-state index contributed by atoms with van der Waals surface area (Å²) in [4.78, 5) is 11.3. The zero-order valence-electron chi connectivity index (χ0n) is 9.08. The Hall–Kier alpha value is -1.77. The van der Waals surface area contributed by atoms with Crippen LogP contribution in [0, 0.1) is 6.92 Å². The van der Waals surface area contributed by atoms with Crippen molar-refractivity contribution >= 4 is 11.7 Å². The Morgan fingerprint density at radius 3 is 2.93 bits per heavy atom. The zero-order chi connectivity index (χ0) is 11.1. The van der Waals surface area contributed by atoms with Crippen molar-refractivity contribution in [3.8, 4) is 0 Å². The molecule has 0 spiro atoms. The van der Waals surface area contributed by atoms with Gasteiger partial charge < -0.3 is 10.6 Å². The maximum Gasteiger partial charge on any atom is 0.323 e. The van der Waals surface area contributed by atoms with Gasteiger partial charge in [0.1, 0.15) is 0 Å². The number of benzene rings is 1. The molecule has 2 amide bonds. The minimum Gasteiger partial charge on any atom is -0.315 e. The average Bonchev–Trinajstić information content (AvgIpc) is 2.18. The summed E-state index contributed by atoms with van der Waals surface area (Å²) in [5.74, 6) is 0. The molecular formula is C12H16N2O. The van der Waals surface area contributed by atoms with Crippen molar-refractivity contribution in [3.63, 3.8) is 0 Å². The van der Waals surface area contributed by atoms with Crippen LogP contribution in [0.2, 0.25) is 0 Å². The Morgan fingerprint density at radius 2 is 2.27 bits per heavy atom. The van der Waals surface area contributed by atoms with E-state index >= 15 is 0 Å². The third-order valence-corrected chi connectivity index (χ3v) is 1.84. The molecule has 0 atom stereocenters. The van der Waals surface area contributed by atoms with Crippen LogP contribution in [-0.2, 0) is 0 Å². The molecule has 0 aliphatic carbocycles. The number of hydrogen-bond donors (Lipinski definition) is 2. The van der Waals surface area contributed by atoms with Crippen LogP contribution in [0.1, 0.15) is 18.9 Å². The van der Waals surface area contributed by atoms with Gasteiger partial charge in [0.25, 0.3) is 0 Å². The molecule has 0 radical (unpaired) electrons. The minimum absolute atomic E-state index is 0.217. The first-order valence-corrected chi connectivity index (χ1v) is 5.01. The lowest BCUT2D eigenvalue weighted by Crippen LogP contribution is -2.23. The third-order valence-electron chi connectivity index (χ3n) is 1.84. The monoisotopic (exact) mass is 204 g/mol. The number of carbonyl (C=O) groups is 1. The van der Waals surface area contributed by atoms with Crippen molar-refractivity contribution in [1.82, 2.24) is 5.32 Å². The fourth-order valence-corrected chi connectivity index (χ4v) is 1.14. The van der Waals surface area contributed by atoms with Crippen molar-refractivity contribution in [3.05, 3.63) is 42.1 Å². The van der Waals surface area contributed by atoms with Crippen LogP contribution >= 0.6 is 0 Å². The normalized spacial score (nSPS) is 10.3. The van der Waals surface area contributed by atoms with Gasteiger partial charge in [-0.15, -0.1) is 0 Å². The Balaban J connectivity index is 2.48. The van der Waals surface area contributed by atoms with E-state index < -0.39 is 0 Å². The van der Waals surface area contributed by atoms with Gasteiger partial charge in [0.05, 0.1) is 0 Å². The number of aryl methyl sites for hydroxylation is 1. The van der Waals surface area contributed by atoms with Gasteiger partial charge in [0, 0.05) is 11.9 Å². The molecule has 1 rings (SSSR count). The van der Waals surface area contributed by atoms with Crippen LogP contribution in [0.15, 0.2) is 36.5 Å². The Morgan fingerprint density at radius 1 is 1.47 bits per heavy atom. The summed E-state index contributed by atoms with van der Waals surface area (Å²) < 4.78 is 0. The lowest BCUT2D eigenvalue weighted by molar-refractivity contribution is 0.255. The van der Waals surface area contributed by atoms with Crippen LogP contribution in [0.4, 0.5) is 10.5 Å². The maximum atomic E-state index is 11.3. The first-order valence-electron chi connectivity index (χ1n) is 5.01. The average molecular weight is 204 g/mol. The highest BCUT2D eigenvalue weighted by Crippen LogP contribution is 2.08. The number of rotatable bonds is 3. The van der Waals surface area contributed by atoms with E-state index in [-0.39, 0.29) is 6.03 Å². The van der Waals surface area contributed by atoms with Crippen LogP contribution < -0.4 is 10.6 Å². The summed E-state index contributed by atoms with van der Waals surface area (Å²) >= 11 is 0. The highest BCUT2D eigenvalue weighted by Gasteiger charge is 1.97. The van der Waals surface area contributed by atoms with Crippen molar-refractivity contribution in [2.75, 3.05) is 5.32 Å².